The molecule has 0 bridgehead atoms. The number of furan rings is 1. The maximum absolute atomic E-state index is 12.7. The average molecular weight is 441 g/mol. The number of aryl methyl sites for hydroxylation is 1. The van der Waals surface area contributed by atoms with Gasteiger partial charge in [-0.3, -0.25) is 14.6 Å². The van der Waals surface area contributed by atoms with Crippen LogP contribution < -0.4 is 15.4 Å². The molecule has 2 amide bonds. The van der Waals surface area contributed by atoms with E-state index in [0.29, 0.717) is 30.2 Å². The molecule has 2 aromatic heterocycles. The Morgan fingerprint density at radius 3 is 2.67 bits per heavy atom. The Balaban J connectivity index is 1.36. The molecule has 0 aliphatic carbocycles. The lowest BCUT2D eigenvalue weighted by Gasteiger charge is -2.11. The Morgan fingerprint density at radius 1 is 0.970 bits per heavy atom. The number of hydrogen-bond donors (Lipinski definition) is 2. The summed E-state index contributed by atoms with van der Waals surface area (Å²) in [5.74, 6) is 0.284. The number of nitrogens with one attached hydrogen (secondary N) is 2. The largest absolute Gasteiger partial charge is 0.487 e. The number of carbonyl (C=O) groups is 2. The average Bonchev–Trinajstić information content (AvgIpc) is 3.39. The number of hydrogen-bond acceptors (Lipinski definition) is 5. The first kappa shape index (κ1) is 21.8. The molecule has 0 fully saturated rings. The van der Waals surface area contributed by atoms with Crippen molar-refractivity contribution in [3.8, 4) is 5.75 Å². The second-order valence-corrected chi connectivity index (χ2v) is 7.40. The standard InChI is InChI=1S/C26H23N3O4/c1-18-10-11-20(15-23(18)29-26(31)24-9-5-13-32-24)25(30)28-16-19-6-4-8-22(14-19)33-17-21-7-2-3-12-27-21/h2-15H,16-17H2,1H3,(H,28,30)(H,29,31). The van der Waals surface area contributed by atoms with Gasteiger partial charge in [0.05, 0.1) is 12.0 Å². The molecule has 0 aliphatic heterocycles. The minimum atomic E-state index is -0.372. The lowest BCUT2D eigenvalue weighted by molar-refractivity contribution is 0.0949. The van der Waals surface area contributed by atoms with Crippen molar-refractivity contribution in [2.24, 2.45) is 0 Å². The van der Waals surface area contributed by atoms with Crippen molar-refractivity contribution < 1.29 is 18.7 Å². The highest BCUT2D eigenvalue weighted by Crippen LogP contribution is 2.19. The van der Waals surface area contributed by atoms with Crippen molar-refractivity contribution in [3.63, 3.8) is 0 Å². The quantitative estimate of drug-likeness (QED) is 0.412. The van der Waals surface area contributed by atoms with Crippen LogP contribution in [0, 0.1) is 6.92 Å². The monoisotopic (exact) mass is 441 g/mol. The molecule has 4 aromatic rings. The van der Waals surface area contributed by atoms with Gasteiger partial charge in [0.2, 0.25) is 0 Å². The summed E-state index contributed by atoms with van der Waals surface area (Å²) in [6, 6.07) is 21.6. The zero-order chi connectivity index (χ0) is 23.0. The molecule has 33 heavy (non-hydrogen) atoms. The predicted octanol–water partition coefficient (Wildman–Crippen LogP) is 4.74. The zero-order valence-electron chi connectivity index (χ0n) is 18.1. The van der Waals surface area contributed by atoms with E-state index >= 15 is 0 Å². The summed E-state index contributed by atoms with van der Waals surface area (Å²) in [7, 11) is 0. The molecule has 7 heteroatoms. The van der Waals surface area contributed by atoms with E-state index < -0.39 is 0 Å². The number of amides is 2. The molecule has 4 rings (SSSR count). The van der Waals surface area contributed by atoms with Crippen LogP contribution in [0.1, 0.15) is 37.7 Å². The fraction of sp³-hybridized carbons (Fsp3) is 0.115. The van der Waals surface area contributed by atoms with E-state index in [9.17, 15) is 9.59 Å². The van der Waals surface area contributed by atoms with Gasteiger partial charge in [-0.25, -0.2) is 0 Å². The SMILES string of the molecule is Cc1ccc(C(=O)NCc2cccc(OCc3ccccn3)c2)cc1NC(=O)c1ccco1. The van der Waals surface area contributed by atoms with Crippen molar-refractivity contribution in [2.75, 3.05) is 5.32 Å². The van der Waals surface area contributed by atoms with Crippen LogP contribution in [0.15, 0.2) is 89.7 Å². The Morgan fingerprint density at radius 2 is 1.88 bits per heavy atom. The Kier molecular flexibility index (Phi) is 6.80. The van der Waals surface area contributed by atoms with E-state index in [1.54, 1.807) is 36.5 Å². The number of anilines is 1. The fourth-order valence-corrected chi connectivity index (χ4v) is 3.16. The molecular weight excluding hydrogens is 418 g/mol. The van der Waals surface area contributed by atoms with Gasteiger partial charge in [0.1, 0.15) is 12.4 Å². The predicted molar refractivity (Wildman–Crippen MR) is 124 cm³/mol. The molecular formula is C26H23N3O4. The molecule has 0 atom stereocenters. The van der Waals surface area contributed by atoms with E-state index in [-0.39, 0.29) is 17.6 Å². The lowest BCUT2D eigenvalue weighted by atomic mass is 10.1. The second kappa shape index (κ2) is 10.3. The number of benzene rings is 2. The van der Waals surface area contributed by atoms with Crippen LogP contribution in [0.25, 0.3) is 0 Å². The van der Waals surface area contributed by atoms with Gasteiger partial charge in [-0.15, -0.1) is 0 Å². The molecule has 0 radical (unpaired) electrons. The summed E-state index contributed by atoms with van der Waals surface area (Å²) in [6.07, 6.45) is 3.16. The maximum Gasteiger partial charge on any atom is 0.291 e. The third kappa shape index (κ3) is 5.86. The van der Waals surface area contributed by atoms with Gasteiger partial charge in [-0.2, -0.15) is 0 Å². The zero-order valence-corrected chi connectivity index (χ0v) is 18.1. The van der Waals surface area contributed by atoms with Crippen LogP contribution in [-0.2, 0) is 13.2 Å². The van der Waals surface area contributed by atoms with Crippen LogP contribution in [0.2, 0.25) is 0 Å². The summed E-state index contributed by atoms with van der Waals surface area (Å²) in [4.78, 5) is 29.2. The topological polar surface area (TPSA) is 93.5 Å². The molecule has 0 saturated carbocycles. The number of aromatic nitrogens is 1. The van der Waals surface area contributed by atoms with Crippen LogP contribution in [0.5, 0.6) is 5.75 Å². The van der Waals surface area contributed by atoms with Gasteiger partial charge >= 0.3 is 0 Å². The third-order valence-electron chi connectivity index (χ3n) is 4.96. The van der Waals surface area contributed by atoms with Crippen molar-refractivity contribution >= 4 is 17.5 Å². The van der Waals surface area contributed by atoms with E-state index in [1.807, 2.05) is 49.4 Å². The number of nitrogens with zero attached hydrogens (tertiary/aromatic N) is 1. The van der Waals surface area contributed by atoms with Crippen LogP contribution in [0.4, 0.5) is 5.69 Å². The fourth-order valence-electron chi connectivity index (χ4n) is 3.16. The van der Waals surface area contributed by atoms with Gasteiger partial charge in [0, 0.05) is 24.0 Å². The molecule has 166 valence electrons. The van der Waals surface area contributed by atoms with Gasteiger partial charge in [-0.1, -0.05) is 24.3 Å². The first-order valence-electron chi connectivity index (χ1n) is 10.4. The summed E-state index contributed by atoms with van der Waals surface area (Å²) >= 11 is 0. The molecule has 0 saturated heterocycles. The lowest BCUT2D eigenvalue weighted by Crippen LogP contribution is -2.23. The van der Waals surface area contributed by atoms with E-state index in [1.165, 1.54) is 6.26 Å². The van der Waals surface area contributed by atoms with Gasteiger partial charge in [-0.05, 0) is 66.6 Å². The minimum Gasteiger partial charge on any atom is -0.487 e. The van der Waals surface area contributed by atoms with Gasteiger partial charge in [0.15, 0.2) is 5.76 Å². The molecule has 0 spiro atoms. The summed E-state index contributed by atoms with van der Waals surface area (Å²) in [6.45, 7) is 2.56. The Labute approximate surface area is 191 Å². The number of pyridine rings is 1. The van der Waals surface area contributed by atoms with E-state index in [4.69, 9.17) is 9.15 Å². The van der Waals surface area contributed by atoms with Crippen LogP contribution in [-0.4, -0.2) is 16.8 Å². The first-order chi connectivity index (χ1) is 16.1. The van der Waals surface area contributed by atoms with Crippen LogP contribution >= 0.6 is 0 Å². The summed E-state index contributed by atoms with van der Waals surface area (Å²) in [5, 5.41) is 5.69. The van der Waals surface area contributed by atoms with Crippen molar-refractivity contribution in [1.82, 2.24) is 10.3 Å². The van der Waals surface area contributed by atoms with Crippen molar-refractivity contribution in [3.05, 3.63) is 113 Å². The first-order valence-corrected chi connectivity index (χ1v) is 10.4. The number of ether oxygens (including phenoxy) is 1. The summed E-state index contributed by atoms with van der Waals surface area (Å²) < 4.78 is 10.9. The Bertz CT molecular complexity index is 1240. The molecule has 2 N–H and O–H groups in total. The van der Waals surface area contributed by atoms with Crippen LogP contribution in [0.3, 0.4) is 0 Å². The Hall–Kier alpha value is -4.39. The molecule has 2 aromatic carbocycles. The normalized spacial score (nSPS) is 10.5. The third-order valence-corrected chi connectivity index (χ3v) is 4.96. The molecule has 2 heterocycles. The van der Waals surface area contributed by atoms with E-state index in [2.05, 4.69) is 15.6 Å². The van der Waals surface area contributed by atoms with Crippen molar-refractivity contribution in [1.29, 1.82) is 0 Å². The van der Waals surface area contributed by atoms with Crippen molar-refractivity contribution in [2.45, 2.75) is 20.1 Å². The molecule has 0 unspecified atom stereocenters. The maximum atomic E-state index is 12.7. The highest BCUT2D eigenvalue weighted by molar-refractivity contribution is 6.03. The number of carbonyl (C=O) groups excluding carboxylic acids is 2. The van der Waals surface area contributed by atoms with Gasteiger partial charge in [0.25, 0.3) is 11.8 Å². The smallest absolute Gasteiger partial charge is 0.291 e. The highest BCUT2D eigenvalue weighted by Gasteiger charge is 2.13. The summed E-state index contributed by atoms with van der Waals surface area (Å²) in [5.41, 5.74) is 3.57. The molecule has 0 aliphatic rings. The van der Waals surface area contributed by atoms with E-state index in [0.717, 1.165) is 16.8 Å². The highest BCUT2D eigenvalue weighted by atomic mass is 16.5. The molecule has 7 nitrogen and oxygen atoms in total. The van der Waals surface area contributed by atoms with Gasteiger partial charge < -0.3 is 19.8 Å². The number of rotatable bonds is 8. The second-order valence-electron chi connectivity index (χ2n) is 7.40. The minimum absolute atomic E-state index is 0.203.